The van der Waals surface area contributed by atoms with E-state index in [1.165, 1.54) is 13.3 Å². The maximum Gasteiger partial charge on any atom is 0.339 e. The van der Waals surface area contributed by atoms with Gasteiger partial charge >= 0.3 is 5.97 Å². The van der Waals surface area contributed by atoms with E-state index in [0.29, 0.717) is 27.7 Å². The average molecular weight is 293 g/mol. The molecule has 1 aromatic carbocycles. The molecule has 0 aliphatic heterocycles. The number of aromatic nitrogens is 1. The highest BCUT2D eigenvalue weighted by Crippen LogP contribution is 2.30. The number of hydrogen-bond acceptors (Lipinski definition) is 5. The van der Waals surface area contributed by atoms with Crippen molar-refractivity contribution >= 4 is 23.3 Å². The van der Waals surface area contributed by atoms with Crippen molar-refractivity contribution in [2.24, 2.45) is 0 Å². The standard InChI is InChI=1S/C14H13ClN2O3/c1-19-14(18)9-5-6-10(17-7-9)8-20-13-11(15)3-2-4-12(13)16/h2-7H,8,16H2,1H3. The molecule has 0 unspecified atom stereocenters. The van der Waals surface area contributed by atoms with E-state index in [9.17, 15) is 4.79 Å². The third-order valence-corrected chi connectivity index (χ3v) is 2.91. The zero-order valence-electron chi connectivity index (χ0n) is 10.8. The van der Waals surface area contributed by atoms with Crippen LogP contribution in [0.3, 0.4) is 0 Å². The number of nitrogens with two attached hydrogens (primary N) is 1. The van der Waals surface area contributed by atoms with Gasteiger partial charge in [-0.2, -0.15) is 0 Å². The molecule has 5 nitrogen and oxygen atoms in total. The maximum atomic E-state index is 11.3. The van der Waals surface area contributed by atoms with E-state index in [-0.39, 0.29) is 6.61 Å². The van der Waals surface area contributed by atoms with Crippen molar-refractivity contribution < 1.29 is 14.3 Å². The Morgan fingerprint density at radius 2 is 2.15 bits per heavy atom. The number of anilines is 1. The molecule has 0 atom stereocenters. The number of benzene rings is 1. The van der Waals surface area contributed by atoms with Gasteiger partial charge in [0, 0.05) is 6.20 Å². The van der Waals surface area contributed by atoms with E-state index in [0.717, 1.165) is 0 Å². The molecule has 0 bridgehead atoms. The molecule has 1 aromatic heterocycles. The van der Waals surface area contributed by atoms with Crippen LogP contribution in [0.1, 0.15) is 16.1 Å². The lowest BCUT2D eigenvalue weighted by Gasteiger charge is -2.10. The molecule has 0 radical (unpaired) electrons. The van der Waals surface area contributed by atoms with Gasteiger partial charge in [-0.15, -0.1) is 0 Å². The molecular weight excluding hydrogens is 280 g/mol. The van der Waals surface area contributed by atoms with Gasteiger partial charge in [0.1, 0.15) is 6.61 Å². The summed E-state index contributed by atoms with van der Waals surface area (Å²) >= 11 is 5.99. The monoisotopic (exact) mass is 292 g/mol. The Morgan fingerprint density at radius 3 is 2.75 bits per heavy atom. The first-order chi connectivity index (χ1) is 9.61. The number of para-hydroxylation sites is 1. The Morgan fingerprint density at radius 1 is 1.35 bits per heavy atom. The number of pyridine rings is 1. The van der Waals surface area contributed by atoms with Gasteiger partial charge in [-0.25, -0.2) is 4.79 Å². The molecule has 0 spiro atoms. The largest absolute Gasteiger partial charge is 0.484 e. The number of carbonyl (C=O) groups excluding carboxylic acids is 1. The molecule has 0 aliphatic rings. The highest BCUT2D eigenvalue weighted by Gasteiger charge is 2.08. The second kappa shape index (κ2) is 6.25. The molecule has 2 N–H and O–H groups in total. The summed E-state index contributed by atoms with van der Waals surface area (Å²) < 4.78 is 10.1. The topological polar surface area (TPSA) is 74.4 Å². The van der Waals surface area contributed by atoms with Gasteiger partial charge in [0.25, 0.3) is 0 Å². The smallest absolute Gasteiger partial charge is 0.339 e. The zero-order chi connectivity index (χ0) is 14.5. The van der Waals surface area contributed by atoms with Crippen LogP contribution in [0, 0.1) is 0 Å². The third-order valence-electron chi connectivity index (χ3n) is 2.61. The Bertz CT molecular complexity index is 594. The lowest BCUT2D eigenvalue weighted by molar-refractivity contribution is 0.0600. The lowest BCUT2D eigenvalue weighted by atomic mass is 10.2. The van der Waals surface area contributed by atoms with Crippen molar-refractivity contribution in [2.45, 2.75) is 6.61 Å². The molecule has 0 amide bonds. The van der Waals surface area contributed by atoms with Crippen molar-refractivity contribution in [3.8, 4) is 5.75 Å². The molecule has 0 saturated heterocycles. The summed E-state index contributed by atoms with van der Waals surface area (Å²) in [5.74, 6) is -0.00618. The van der Waals surface area contributed by atoms with Gasteiger partial charge < -0.3 is 15.2 Å². The van der Waals surface area contributed by atoms with E-state index in [4.69, 9.17) is 22.1 Å². The number of halogens is 1. The lowest BCUT2D eigenvalue weighted by Crippen LogP contribution is -2.05. The normalized spacial score (nSPS) is 10.1. The summed E-state index contributed by atoms with van der Waals surface area (Å²) in [5.41, 5.74) is 7.27. The number of nitrogens with zero attached hydrogens (tertiary/aromatic N) is 1. The molecule has 0 aliphatic carbocycles. The van der Waals surface area contributed by atoms with Crippen molar-refractivity contribution in [3.63, 3.8) is 0 Å². The van der Waals surface area contributed by atoms with Crippen LogP contribution < -0.4 is 10.5 Å². The summed E-state index contributed by atoms with van der Waals surface area (Å²) in [4.78, 5) is 15.4. The minimum absolute atomic E-state index is 0.204. The third kappa shape index (κ3) is 3.19. The number of esters is 1. The summed E-state index contributed by atoms with van der Waals surface area (Å²) in [7, 11) is 1.32. The van der Waals surface area contributed by atoms with Crippen LogP contribution in [-0.2, 0) is 11.3 Å². The van der Waals surface area contributed by atoms with E-state index in [2.05, 4.69) is 9.72 Å². The van der Waals surface area contributed by atoms with Crippen molar-refractivity contribution in [3.05, 3.63) is 52.8 Å². The summed E-state index contributed by atoms with van der Waals surface area (Å²) in [6.45, 7) is 0.204. The van der Waals surface area contributed by atoms with Crippen LogP contribution in [0.25, 0.3) is 0 Å². The fraction of sp³-hybridized carbons (Fsp3) is 0.143. The maximum absolute atomic E-state index is 11.3. The predicted octanol–water partition coefficient (Wildman–Crippen LogP) is 2.68. The van der Waals surface area contributed by atoms with E-state index < -0.39 is 5.97 Å². The van der Waals surface area contributed by atoms with E-state index >= 15 is 0 Å². The number of ether oxygens (including phenoxy) is 2. The number of nitrogen functional groups attached to an aromatic ring is 1. The van der Waals surface area contributed by atoms with Crippen LogP contribution in [0.15, 0.2) is 36.5 Å². The van der Waals surface area contributed by atoms with Gasteiger partial charge in [-0.3, -0.25) is 4.98 Å². The van der Waals surface area contributed by atoms with Crippen LogP contribution >= 0.6 is 11.6 Å². The predicted molar refractivity (Wildman–Crippen MR) is 75.8 cm³/mol. The number of rotatable bonds is 4. The van der Waals surface area contributed by atoms with Crippen LogP contribution in [-0.4, -0.2) is 18.1 Å². The van der Waals surface area contributed by atoms with Gasteiger partial charge in [-0.05, 0) is 24.3 Å². The van der Waals surface area contributed by atoms with Gasteiger partial charge in [0.05, 0.1) is 29.1 Å². The quantitative estimate of drug-likeness (QED) is 0.693. The highest BCUT2D eigenvalue weighted by molar-refractivity contribution is 6.32. The van der Waals surface area contributed by atoms with Crippen LogP contribution in [0.4, 0.5) is 5.69 Å². The van der Waals surface area contributed by atoms with E-state index in [1.807, 2.05) is 0 Å². The van der Waals surface area contributed by atoms with E-state index in [1.54, 1.807) is 30.3 Å². The Hall–Kier alpha value is -2.27. The molecule has 0 fully saturated rings. The fourth-order valence-corrected chi connectivity index (χ4v) is 1.81. The second-order valence-electron chi connectivity index (χ2n) is 3.98. The molecule has 2 rings (SSSR count). The summed E-state index contributed by atoms with van der Waals surface area (Å²) in [6.07, 6.45) is 1.43. The molecular formula is C14H13ClN2O3. The first-order valence-electron chi connectivity index (χ1n) is 5.82. The van der Waals surface area contributed by atoms with Gasteiger partial charge in [0.15, 0.2) is 5.75 Å². The van der Waals surface area contributed by atoms with Crippen molar-refractivity contribution in [2.75, 3.05) is 12.8 Å². The molecule has 2 aromatic rings. The molecule has 1 heterocycles. The number of hydrogen-bond donors (Lipinski definition) is 1. The van der Waals surface area contributed by atoms with Crippen molar-refractivity contribution in [1.29, 1.82) is 0 Å². The molecule has 104 valence electrons. The van der Waals surface area contributed by atoms with Crippen molar-refractivity contribution in [1.82, 2.24) is 4.98 Å². The molecule has 20 heavy (non-hydrogen) atoms. The average Bonchev–Trinajstić information content (AvgIpc) is 2.46. The minimum Gasteiger partial charge on any atom is -0.484 e. The first-order valence-corrected chi connectivity index (χ1v) is 6.19. The first kappa shape index (κ1) is 14.1. The Labute approximate surface area is 121 Å². The Kier molecular flexibility index (Phi) is 4.42. The Balaban J connectivity index is 2.06. The summed E-state index contributed by atoms with van der Waals surface area (Å²) in [6, 6.07) is 8.44. The number of carbonyl (C=O) groups is 1. The fourth-order valence-electron chi connectivity index (χ4n) is 1.57. The minimum atomic E-state index is -0.430. The van der Waals surface area contributed by atoms with Gasteiger partial charge in [-0.1, -0.05) is 17.7 Å². The molecule has 6 heteroatoms. The summed E-state index contributed by atoms with van der Waals surface area (Å²) in [5, 5.41) is 0.441. The highest BCUT2D eigenvalue weighted by atomic mass is 35.5. The van der Waals surface area contributed by atoms with Crippen LogP contribution in [0.2, 0.25) is 5.02 Å². The van der Waals surface area contributed by atoms with Gasteiger partial charge in [0.2, 0.25) is 0 Å². The zero-order valence-corrected chi connectivity index (χ0v) is 11.6. The van der Waals surface area contributed by atoms with Crippen LogP contribution in [0.5, 0.6) is 5.75 Å². The number of methoxy groups -OCH3 is 1. The SMILES string of the molecule is COC(=O)c1ccc(COc2c(N)cccc2Cl)nc1. The second-order valence-corrected chi connectivity index (χ2v) is 4.38. The molecule has 0 saturated carbocycles.